The predicted molar refractivity (Wildman–Crippen MR) is 149 cm³/mol. The summed E-state index contributed by atoms with van der Waals surface area (Å²) >= 11 is 0. The summed E-state index contributed by atoms with van der Waals surface area (Å²) in [6.07, 6.45) is 10.3. The first kappa shape index (κ1) is 26.5. The van der Waals surface area contributed by atoms with Crippen LogP contribution in [0.25, 0.3) is 0 Å². The van der Waals surface area contributed by atoms with Crippen LogP contribution in [-0.4, -0.2) is 13.9 Å². The first-order valence-corrected chi connectivity index (χ1v) is 16.4. The van der Waals surface area contributed by atoms with Crippen molar-refractivity contribution in [3.8, 4) is 11.5 Å². The molecule has 3 rings (SSSR count). The largest absolute Gasteiger partial charge is 0.297 e. The van der Waals surface area contributed by atoms with Crippen molar-refractivity contribution in [3.63, 3.8) is 0 Å². The topological polar surface area (TPSA) is 17.1 Å². The number of benzene rings is 2. The van der Waals surface area contributed by atoms with Crippen molar-refractivity contribution in [2.24, 2.45) is 0 Å². The van der Waals surface area contributed by atoms with Crippen molar-refractivity contribution in [2.45, 2.75) is 108 Å². The van der Waals surface area contributed by atoms with Crippen LogP contribution in [-0.2, 0) is 10.2 Å². The number of ketones is 1. The Morgan fingerprint density at radius 1 is 0.824 bits per heavy atom. The first-order chi connectivity index (χ1) is 16.6. The molecule has 2 heteroatoms. The van der Waals surface area contributed by atoms with Gasteiger partial charge < -0.3 is 0 Å². The van der Waals surface area contributed by atoms with E-state index in [0.29, 0.717) is 5.78 Å². The molecule has 1 nitrogen and oxygen atoms in total. The highest BCUT2D eigenvalue weighted by molar-refractivity contribution is 6.87. The van der Waals surface area contributed by atoms with Crippen LogP contribution in [0.2, 0.25) is 18.1 Å². The van der Waals surface area contributed by atoms with Crippen LogP contribution in [0, 0.1) is 11.5 Å². The molecule has 34 heavy (non-hydrogen) atoms. The molecular weight excluding hydrogens is 428 g/mol. The molecule has 0 unspecified atom stereocenters. The molecule has 0 N–H and O–H groups in total. The van der Waals surface area contributed by atoms with Crippen LogP contribution in [0.15, 0.2) is 60.7 Å². The van der Waals surface area contributed by atoms with Crippen LogP contribution in [0.5, 0.6) is 0 Å². The van der Waals surface area contributed by atoms with E-state index in [-0.39, 0.29) is 5.92 Å². The zero-order valence-corrected chi connectivity index (χ0v) is 22.7. The van der Waals surface area contributed by atoms with Crippen molar-refractivity contribution in [1.82, 2.24) is 0 Å². The van der Waals surface area contributed by atoms with Crippen LogP contribution in [0.3, 0.4) is 0 Å². The number of carbonyl (C=O) groups is 1. The molecule has 0 heterocycles. The maximum atomic E-state index is 14.3. The van der Waals surface area contributed by atoms with Gasteiger partial charge >= 0.3 is 0 Å². The molecule has 182 valence electrons. The van der Waals surface area contributed by atoms with Gasteiger partial charge in [-0.1, -0.05) is 132 Å². The van der Waals surface area contributed by atoms with E-state index in [4.69, 9.17) is 0 Å². The van der Waals surface area contributed by atoms with Gasteiger partial charge in [0.1, 0.15) is 13.5 Å². The van der Waals surface area contributed by atoms with Crippen molar-refractivity contribution < 1.29 is 4.79 Å². The fourth-order valence-corrected chi connectivity index (χ4v) is 10.4. The summed E-state index contributed by atoms with van der Waals surface area (Å²) in [7, 11) is -1.77. The van der Waals surface area contributed by atoms with Crippen LogP contribution < -0.4 is 0 Å². The molecule has 2 atom stereocenters. The first-order valence-electron chi connectivity index (χ1n) is 13.8. The molecule has 1 saturated carbocycles. The lowest BCUT2D eigenvalue weighted by Gasteiger charge is -2.37. The maximum Gasteiger partial charge on any atom is 0.162 e. The highest BCUT2D eigenvalue weighted by atomic mass is 28.3. The lowest BCUT2D eigenvalue weighted by molar-refractivity contribution is -0.126. The fraction of sp³-hybridized carbons (Fsp3) is 0.531. The van der Waals surface area contributed by atoms with Crippen LogP contribution in [0.4, 0.5) is 0 Å². The molecule has 0 aromatic heterocycles. The highest BCUT2D eigenvalue weighted by Crippen LogP contribution is 2.43. The summed E-state index contributed by atoms with van der Waals surface area (Å²) in [6, 6.07) is 24.8. The summed E-state index contributed by atoms with van der Waals surface area (Å²) in [6.45, 7) is 6.90. The third kappa shape index (κ3) is 6.31. The van der Waals surface area contributed by atoms with E-state index in [0.717, 1.165) is 30.4 Å². The highest BCUT2D eigenvalue weighted by Gasteiger charge is 2.46. The molecule has 1 aliphatic rings. The number of rotatable bonds is 11. The Labute approximate surface area is 209 Å². The number of carbonyl (C=O) groups excluding carboxylic acids is 1. The molecule has 2 aromatic rings. The van der Waals surface area contributed by atoms with E-state index in [9.17, 15) is 4.79 Å². The molecule has 1 aliphatic carbocycles. The molecule has 0 saturated heterocycles. The Balaban J connectivity index is 2.09. The minimum absolute atomic E-state index is 0.0533. The molecule has 1 fully saturated rings. The van der Waals surface area contributed by atoms with Crippen molar-refractivity contribution in [2.75, 3.05) is 0 Å². The summed E-state index contributed by atoms with van der Waals surface area (Å²) in [5.41, 5.74) is 5.62. The molecule has 0 radical (unpaired) electrons. The third-order valence-electron chi connectivity index (χ3n) is 7.82. The van der Waals surface area contributed by atoms with Gasteiger partial charge in [-0.2, -0.15) is 0 Å². The summed E-state index contributed by atoms with van der Waals surface area (Å²) in [5, 5.41) is 0. The van der Waals surface area contributed by atoms with Gasteiger partial charge in [-0.25, -0.2) is 0 Å². The SMILES string of the molecule is CCCC[Si](C#C[C@]1(c2ccccc2)CCC[C@@H](c2ccccc2)C1=O)(CCCC)CCCC. The smallest absolute Gasteiger partial charge is 0.162 e. The Kier molecular flexibility index (Phi) is 10.2. The maximum absolute atomic E-state index is 14.3. The van der Waals surface area contributed by atoms with Crippen LogP contribution in [0.1, 0.15) is 95.6 Å². The standard InChI is InChI=1S/C32H44OSi/c1-4-7-24-34(25-8-5-2,26-9-6-3)27-23-32(29-19-14-11-15-20-29)22-16-21-30(31(32)33)28-17-12-10-13-18-28/h10-15,17-20,30H,4-9,16,21-22,24-26H2,1-3H3/t30-,32-/m0/s1. The summed E-state index contributed by atoms with van der Waals surface area (Å²) in [5.74, 6) is 4.10. The number of Topliss-reactive ketones (excluding diaryl/α,β-unsaturated/α-hetero) is 1. The van der Waals surface area contributed by atoms with Crippen molar-refractivity contribution >= 4 is 13.9 Å². The van der Waals surface area contributed by atoms with E-state index in [2.05, 4.69) is 86.8 Å². The van der Waals surface area contributed by atoms with Gasteiger partial charge in [-0.05, 0) is 42.1 Å². The Bertz CT molecular complexity index is 917. The molecular formula is C32H44OSi. The zero-order chi connectivity index (χ0) is 24.3. The van der Waals surface area contributed by atoms with E-state index in [1.54, 1.807) is 0 Å². The second kappa shape index (κ2) is 13.1. The van der Waals surface area contributed by atoms with Gasteiger partial charge in [0.2, 0.25) is 0 Å². The number of hydrogen-bond donors (Lipinski definition) is 0. The van der Waals surface area contributed by atoms with E-state index in [1.807, 2.05) is 6.07 Å². The average molecular weight is 473 g/mol. The molecule has 0 bridgehead atoms. The van der Waals surface area contributed by atoms with Crippen molar-refractivity contribution in [1.29, 1.82) is 0 Å². The minimum atomic E-state index is -1.77. The van der Waals surface area contributed by atoms with Gasteiger partial charge in [0.15, 0.2) is 5.78 Å². The van der Waals surface area contributed by atoms with Gasteiger partial charge in [0.05, 0.1) is 0 Å². The van der Waals surface area contributed by atoms with Gasteiger partial charge in [0, 0.05) is 5.92 Å². The van der Waals surface area contributed by atoms with E-state index >= 15 is 0 Å². The summed E-state index contributed by atoms with van der Waals surface area (Å²) < 4.78 is 0. The lowest BCUT2D eigenvalue weighted by atomic mass is 9.64. The molecule has 0 spiro atoms. The second-order valence-corrected chi connectivity index (χ2v) is 14.6. The molecule has 0 aliphatic heterocycles. The normalized spacial score (nSPS) is 20.6. The minimum Gasteiger partial charge on any atom is -0.297 e. The van der Waals surface area contributed by atoms with Crippen LogP contribution >= 0.6 is 0 Å². The van der Waals surface area contributed by atoms with Crippen molar-refractivity contribution in [3.05, 3.63) is 71.8 Å². The average Bonchev–Trinajstić information content (AvgIpc) is 2.89. The van der Waals surface area contributed by atoms with Gasteiger partial charge in [0.25, 0.3) is 0 Å². The monoisotopic (exact) mass is 472 g/mol. The quantitative estimate of drug-likeness (QED) is 0.236. The van der Waals surface area contributed by atoms with E-state index in [1.165, 1.54) is 56.7 Å². The number of unbranched alkanes of at least 4 members (excludes halogenated alkanes) is 3. The van der Waals surface area contributed by atoms with Gasteiger partial charge in [-0.15, -0.1) is 5.54 Å². The predicted octanol–water partition coefficient (Wildman–Crippen LogP) is 8.85. The summed E-state index contributed by atoms with van der Waals surface area (Å²) in [4.78, 5) is 14.3. The molecule has 2 aromatic carbocycles. The Hall–Kier alpha value is -2.11. The molecule has 0 amide bonds. The third-order valence-corrected chi connectivity index (χ3v) is 12.4. The van der Waals surface area contributed by atoms with E-state index < -0.39 is 13.5 Å². The Morgan fingerprint density at radius 2 is 1.35 bits per heavy atom. The zero-order valence-electron chi connectivity index (χ0n) is 21.7. The van der Waals surface area contributed by atoms with Gasteiger partial charge in [-0.3, -0.25) is 4.79 Å². The number of hydrogen-bond acceptors (Lipinski definition) is 1. The fourth-order valence-electron chi connectivity index (χ4n) is 5.68. The second-order valence-electron chi connectivity index (χ2n) is 10.3. The Morgan fingerprint density at radius 3 is 1.88 bits per heavy atom. The lowest BCUT2D eigenvalue weighted by Crippen LogP contribution is -2.43.